The Balaban J connectivity index is 2.37. The molecule has 2 aromatic rings. The van der Waals surface area contributed by atoms with Crippen LogP contribution in [0.5, 0.6) is 0 Å². The lowest BCUT2D eigenvalue weighted by molar-refractivity contribution is 0.288. The second-order valence-corrected chi connectivity index (χ2v) is 3.53. The first-order chi connectivity index (χ1) is 7.35. The fourth-order valence-electron chi connectivity index (χ4n) is 1.66. The van der Waals surface area contributed by atoms with Gasteiger partial charge in [0.05, 0.1) is 5.69 Å². The molecule has 3 N–H and O–H groups in total. The van der Waals surface area contributed by atoms with Gasteiger partial charge in [-0.05, 0) is 18.9 Å². The summed E-state index contributed by atoms with van der Waals surface area (Å²) in [6, 6.07) is 3.95. The highest BCUT2D eigenvalue weighted by molar-refractivity contribution is 5.48. The van der Waals surface area contributed by atoms with Gasteiger partial charge in [0, 0.05) is 31.1 Å². The van der Waals surface area contributed by atoms with Crippen molar-refractivity contribution in [1.29, 1.82) is 0 Å². The van der Waals surface area contributed by atoms with Crippen LogP contribution in [-0.2, 0) is 13.0 Å². The largest absolute Gasteiger partial charge is 0.396 e. The van der Waals surface area contributed by atoms with E-state index in [1.807, 2.05) is 28.9 Å². The molecule has 0 saturated heterocycles. The minimum Gasteiger partial charge on any atom is -0.396 e. The first-order valence-electron chi connectivity index (χ1n) is 5.11. The summed E-state index contributed by atoms with van der Waals surface area (Å²) in [5.41, 5.74) is 8.61. The van der Waals surface area contributed by atoms with E-state index in [1.165, 1.54) is 0 Å². The van der Waals surface area contributed by atoms with Gasteiger partial charge in [-0.15, -0.1) is 0 Å². The van der Waals surface area contributed by atoms with Gasteiger partial charge >= 0.3 is 0 Å². The highest BCUT2D eigenvalue weighted by atomic mass is 16.2. The standard InChI is InChI=1S/C11H15N3O/c12-7-9-3-1-5-14-8-10(4-2-6-15)13-11(9)14/h1,3,5,8,15H,2,4,6-7,12H2. The number of aliphatic hydroxyl groups is 1. The Bertz CT molecular complexity index is 450. The molecule has 0 fully saturated rings. The maximum Gasteiger partial charge on any atom is 0.141 e. The molecule has 2 rings (SSSR count). The Labute approximate surface area is 88.4 Å². The van der Waals surface area contributed by atoms with Gasteiger partial charge in [-0.3, -0.25) is 0 Å². The second-order valence-electron chi connectivity index (χ2n) is 3.53. The van der Waals surface area contributed by atoms with Crippen LogP contribution >= 0.6 is 0 Å². The highest BCUT2D eigenvalue weighted by Gasteiger charge is 2.04. The van der Waals surface area contributed by atoms with E-state index in [1.54, 1.807) is 0 Å². The van der Waals surface area contributed by atoms with Crippen LogP contribution in [-0.4, -0.2) is 21.1 Å². The molecular formula is C11H15N3O. The van der Waals surface area contributed by atoms with E-state index in [2.05, 4.69) is 4.98 Å². The van der Waals surface area contributed by atoms with E-state index in [4.69, 9.17) is 10.8 Å². The third kappa shape index (κ3) is 2.00. The molecule has 0 aromatic carbocycles. The SMILES string of the molecule is NCc1cccn2cc(CCCO)nc12. The van der Waals surface area contributed by atoms with Crippen LogP contribution in [0.1, 0.15) is 17.7 Å². The average Bonchev–Trinajstić information content (AvgIpc) is 2.68. The average molecular weight is 205 g/mol. The van der Waals surface area contributed by atoms with E-state index in [0.29, 0.717) is 6.54 Å². The lowest BCUT2D eigenvalue weighted by Gasteiger charge is -1.97. The lowest BCUT2D eigenvalue weighted by Crippen LogP contribution is -1.99. The van der Waals surface area contributed by atoms with Crippen molar-refractivity contribution in [2.24, 2.45) is 5.73 Å². The predicted octanol–water partition coefficient (Wildman–Crippen LogP) is 0.718. The lowest BCUT2D eigenvalue weighted by atomic mass is 10.2. The predicted molar refractivity (Wildman–Crippen MR) is 58.5 cm³/mol. The number of hydrogen-bond donors (Lipinski definition) is 2. The van der Waals surface area contributed by atoms with Crippen molar-refractivity contribution in [3.05, 3.63) is 35.8 Å². The molecule has 0 spiro atoms. The minimum absolute atomic E-state index is 0.206. The van der Waals surface area contributed by atoms with Crippen LogP contribution in [0.15, 0.2) is 24.5 Å². The summed E-state index contributed by atoms with van der Waals surface area (Å²) >= 11 is 0. The zero-order chi connectivity index (χ0) is 10.7. The van der Waals surface area contributed by atoms with Gasteiger partial charge in [-0.25, -0.2) is 4.98 Å². The van der Waals surface area contributed by atoms with Gasteiger partial charge in [-0.2, -0.15) is 0 Å². The molecule has 0 aliphatic rings. The van der Waals surface area contributed by atoms with E-state index in [9.17, 15) is 0 Å². The molecular weight excluding hydrogens is 190 g/mol. The van der Waals surface area contributed by atoms with Crippen molar-refractivity contribution in [1.82, 2.24) is 9.38 Å². The molecule has 0 amide bonds. The van der Waals surface area contributed by atoms with Gasteiger partial charge in [0.15, 0.2) is 0 Å². The number of aromatic nitrogens is 2. The molecule has 15 heavy (non-hydrogen) atoms. The Kier molecular flexibility index (Phi) is 2.99. The summed E-state index contributed by atoms with van der Waals surface area (Å²) < 4.78 is 1.98. The Hall–Kier alpha value is -1.39. The maximum atomic E-state index is 8.75. The summed E-state index contributed by atoms with van der Waals surface area (Å²) in [6.07, 6.45) is 5.51. The zero-order valence-electron chi connectivity index (χ0n) is 8.56. The molecule has 2 heterocycles. The topological polar surface area (TPSA) is 63.5 Å². The van der Waals surface area contributed by atoms with Crippen LogP contribution in [0, 0.1) is 0 Å². The van der Waals surface area contributed by atoms with Crippen molar-refractivity contribution >= 4 is 5.65 Å². The van der Waals surface area contributed by atoms with E-state index in [-0.39, 0.29) is 6.61 Å². The number of aryl methyl sites for hydroxylation is 1. The van der Waals surface area contributed by atoms with Crippen LogP contribution in [0.25, 0.3) is 5.65 Å². The van der Waals surface area contributed by atoms with Crippen LogP contribution in [0.4, 0.5) is 0 Å². The van der Waals surface area contributed by atoms with Crippen LogP contribution < -0.4 is 5.73 Å². The van der Waals surface area contributed by atoms with E-state index in [0.717, 1.165) is 29.7 Å². The third-order valence-electron chi connectivity index (χ3n) is 2.42. The van der Waals surface area contributed by atoms with Crippen molar-refractivity contribution in [2.75, 3.05) is 6.61 Å². The molecule has 4 nitrogen and oxygen atoms in total. The van der Waals surface area contributed by atoms with Crippen molar-refractivity contribution in [3.8, 4) is 0 Å². The quantitative estimate of drug-likeness (QED) is 0.773. The summed E-state index contributed by atoms with van der Waals surface area (Å²) in [7, 11) is 0. The number of rotatable bonds is 4. The Morgan fingerprint density at radius 1 is 1.47 bits per heavy atom. The Morgan fingerprint density at radius 3 is 3.07 bits per heavy atom. The highest BCUT2D eigenvalue weighted by Crippen LogP contribution is 2.11. The maximum absolute atomic E-state index is 8.75. The number of pyridine rings is 1. The molecule has 4 heteroatoms. The molecule has 0 aliphatic heterocycles. The molecule has 0 aliphatic carbocycles. The smallest absolute Gasteiger partial charge is 0.141 e. The van der Waals surface area contributed by atoms with Crippen molar-refractivity contribution in [2.45, 2.75) is 19.4 Å². The van der Waals surface area contributed by atoms with Gasteiger partial charge < -0.3 is 15.2 Å². The van der Waals surface area contributed by atoms with E-state index < -0.39 is 0 Å². The first kappa shape index (κ1) is 10.1. The van der Waals surface area contributed by atoms with Crippen molar-refractivity contribution < 1.29 is 5.11 Å². The first-order valence-corrected chi connectivity index (χ1v) is 5.11. The fourth-order valence-corrected chi connectivity index (χ4v) is 1.66. The van der Waals surface area contributed by atoms with Gasteiger partial charge in [0.25, 0.3) is 0 Å². The van der Waals surface area contributed by atoms with Gasteiger partial charge in [-0.1, -0.05) is 6.07 Å². The van der Waals surface area contributed by atoms with Crippen LogP contribution in [0.2, 0.25) is 0 Å². The van der Waals surface area contributed by atoms with E-state index >= 15 is 0 Å². The number of fused-ring (bicyclic) bond motifs is 1. The Morgan fingerprint density at radius 2 is 2.33 bits per heavy atom. The summed E-state index contributed by atoms with van der Waals surface area (Å²) in [5, 5.41) is 8.75. The number of hydrogen-bond acceptors (Lipinski definition) is 3. The molecule has 0 bridgehead atoms. The monoisotopic (exact) mass is 205 g/mol. The third-order valence-corrected chi connectivity index (χ3v) is 2.42. The van der Waals surface area contributed by atoms with Crippen LogP contribution in [0.3, 0.4) is 0 Å². The normalized spacial score (nSPS) is 11.1. The number of aliphatic hydroxyl groups excluding tert-OH is 1. The second kappa shape index (κ2) is 4.42. The molecule has 0 atom stereocenters. The number of nitrogens with zero attached hydrogens (tertiary/aromatic N) is 2. The zero-order valence-corrected chi connectivity index (χ0v) is 8.56. The molecule has 0 saturated carbocycles. The van der Waals surface area contributed by atoms with Gasteiger partial charge in [0.1, 0.15) is 5.65 Å². The fraction of sp³-hybridized carbons (Fsp3) is 0.364. The molecule has 2 aromatic heterocycles. The molecule has 0 unspecified atom stereocenters. The molecule has 0 radical (unpaired) electrons. The van der Waals surface area contributed by atoms with Gasteiger partial charge in [0.2, 0.25) is 0 Å². The molecule has 80 valence electrons. The van der Waals surface area contributed by atoms with Crippen molar-refractivity contribution in [3.63, 3.8) is 0 Å². The number of nitrogens with two attached hydrogens (primary N) is 1. The summed E-state index contributed by atoms with van der Waals surface area (Å²) in [6.45, 7) is 0.707. The number of imidazole rings is 1. The summed E-state index contributed by atoms with van der Waals surface area (Å²) in [4.78, 5) is 4.49. The summed E-state index contributed by atoms with van der Waals surface area (Å²) in [5.74, 6) is 0. The minimum atomic E-state index is 0.206.